The molecular weight excluding hydrogens is 212 g/mol. The van der Waals surface area contributed by atoms with Crippen molar-refractivity contribution < 1.29 is 0 Å². The van der Waals surface area contributed by atoms with E-state index in [4.69, 9.17) is 0 Å². The number of likely N-dealkylation sites (N-methyl/N-ethyl adjacent to an activating group) is 1. The highest BCUT2D eigenvalue weighted by Gasteiger charge is 2.21. The number of benzene rings is 1. The largest absolute Gasteiger partial charge is 0.366 e. The number of nitrogens with zero attached hydrogens (tertiary/aromatic N) is 3. The maximum Gasteiger partial charge on any atom is 0.0931 e. The fourth-order valence-corrected chi connectivity index (χ4v) is 2.63. The Hall–Kier alpha value is -1.55. The SMILES string of the molecule is C[C@H]1CN(C)CCN1c1ccc2nc[nH]c2c1. The number of nitrogens with one attached hydrogen (secondary N) is 1. The summed E-state index contributed by atoms with van der Waals surface area (Å²) >= 11 is 0. The van der Waals surface area contributed by atoms with Crippen LogP contribution in [0.15, 0.2) is 24.5 Å². The minimum absolute atomic E-state index is 0.564. The molecule has 0 saturated carbocycles. The first-order valence-corrected chi connectivity index (χ1v) is 6.12. The molecule has 2 heterocycles. The Morgan fingerprint density at radius 2 is 2.24 bits per heavy atom. The number of hydrogen-bond acceptors (Lipinski definition) is 3. The van der Waals surface area contributed by atoms with E-state index in [1.54, 1.807) is 6.33 Å². The number of imidazole rings is 1. The molecule has 4 heteroatoms. The molecule has 0 bridgehead atoms. The van der Waals surface area contributed by atoms with Gasteiger partial charge in [-0.1, -0.05) is 0 Å². The highest BCUT2D eigenvalue weighted by atomic mass is 15.3. The van der Waals surface area contributed by atoms with Gasteiger partial charge in [0.25, 0.3) is 0 Å². The quantitative estimate of drug-likeness (QED) is 0.810. The predicted molar refractivity (Wildman–Crippen MR) is 70.4 cm³/mol. The highest BCUT2D eigenvalue weighted by Crippen LogP contribution is 2.23. The van der Waals surface area contributed by atoms with Crippen LogP contribution >= 0.6 is 0 Å². The van der Waals surface area contributed by atoms with Gasteiger partial charge in [0.1, 0.15) is 0 Å². The van der Waals surface area contributed by atoms with Crippen molar-refractivity contribution in [2.45, 2.75) is 13.0 Å². The van der Waals surface area contributed by atoms with Gasteiger partial charge in [0.15, 0.2) is 0 Å². The normalized spacial score (nSPS) is 22.2. The summed E-state index contributed by atoms with van der Waals surface area (Å²) in [5.41, 5.74) is 3.45. The van der Waals surface area contributed by atoms with E-state index < -0.39 is 0 Å². The summed E-state index contributed by atoms with van der Waals surface area (Å²) in [6.45, 7) is 5.64. The molecule has 1 aliphatic rings. The van der Waals surface area contributed by atoms with Crippen LogP contribution < -0.4 is 4.90 Å². The third-order valence-electron chi connectivity index (χ3n) is 3.57. The highest BCUT2D eigenvalue weighted by molar-refractivity contribution is 5.79. The topological polar surface area (TPSA) is 35.2 Å². The molecule has 90 valence electrons. The van der Waals surface area contributed by atoms with Gasteiger partial charge in [-0.25, -0.2) is 4.98 Å². The number of anilines is 1. The van der Waals surface area contributed by atoms with Gasteiger partial charge in [-0.05, 0) is 32.2 Å². The van der Waals surface area contributed by atoms with E-state index in [0.717, 1.165) is 30.7 Å². The summed E-state index contributed by atoms with van der Waals surface area (Å²) in [6.07, 6.45) is 1.75. The molecule has 4 nitrogen and oxygen atoms in total. The second-order valence-electron chi connectivity index (χ2n) is 4.91. The Kier molecular flexibility index (Phi) is 2.52. The number of rotatable bonds is 1. The van der Waals surface area contributed by atoms with Crippen molar-refractivity contribution in [3.05, 3.63) is 24.5 Å². The number of H-pyrrole nitrogens is 1. The molecular formula is C13H18N4. The van der Waals surface area contributed by atoms with Crippen LogP contribution in [-0.4, -0.2) is 47.6 Å². The zero-order valence-electron chi connectivity index (χ0n) is 10.3. The lowest BCUT2D eigenvalue weighted by molar-refractivity contribution is 0.275. The second kappa shape index (κ2) is 4.04. The molecule has 1 fully saturated rings. The van der Waals surface area contributed by atoms with Crippen molar-refractivity contribution in [3.63, 3.8) is 0 Å². The Labute approximate surface area is 101 Å². The third-order valence-corrected chi connectivity index (χ3v) is 3.57. The standard InChI is InChI=1S/C13H18N4/c1-10-8-16(2)5-6-17(10)11-3-4-12-13(7-11)15-9-14-12/h3-4,7,9-10H,5-6,8H2,1-2H3,(H,14,15)/t10-/m0/s1. The molecule has 0 spiro atoms. The summed E-state index contributed by atoms with van der Waals surface area (Å²) in [4.78, 5) is 12.3. The number of aromatic nitrogens is 2. The van der Waals surface area contributed by atoms with E-state index in [-0.39, 0.29) is 0 Å². The molecule has 0 unspecified atom stereocenters. The molecule has 1 saturated heterocycles. The van der Waals surface area contributed by atoms with E-state index in [1.807, 2.05) is 0 Å². The van der Waals surface area contributed by atoms with Gasteiger partial charge >= 0.3 is 0 Å². The lowest BCUT2D eigenvalue weighted by Crippen LogP contribution is -2.50. The number of piperazine rings is 1. The van der Waals surface area contributed by atoms with E-state index in [1.165, 1.54) is 5.69 Å². The zero-order valence-corrected chi connectivity index (χ0v) is 10.3. The fraction of sp³-hybridized carbons (Fsp3) is 0.462. The average molecular weight is 230 g/mol. The van der Waals surface area contributed by atoms with Crippen LogP contribution in [0.2, 0.25) is 0 Å². The summed E-state index contributed by atoms with van der Waals surface area (Å²) < 4.78 is 0. The molecule has 0 aliphatic carbocycles. The van der Waals surface area contributed by atoms with E-state index in [0.29, 0.717) is 6.04 Å². The molecule has 17 heavy (non-hydrogen) atoms. The molecule has 1 N–H and O–H groups in total. The summed E-state index contributed by atoms with van der Waals surface area (Å²) in [6, 6.07) is 7.02. The summed E-state index contributed by atoms with van der Waals surface area (Å²) in [5.74, 6) is 0. The van der Waals surface area contributed by atoms with Crippen molar-refractivity contribution in [3.8, 4) is 0 Å². The van der Waals surface area contributed by atoms with Crippen molar-refractivity contribution in [1.29, 1.82) is 0 Å². The first-order chi connectivity index (χ1) is 8.24. The van der Waals surface area contributed by atoms with E-state index in [9.17, 15) is 0 Å². The fourth-order valence-electron chi connectivity index (χ4n) is 2.63. The van der Waals surface area contributed by atoms with Crippen LogP contribution in [0.25, 0.3) is 11.0 Å². The number of aromatic amines is 1. The minimum atomic E-state index is 0.564. The molecule has 1 aliphatic heterocycles. The van der Waals surface area contributed by atoms with Crippen molar-refractivity contribution >= 4 is 16.7 Å². The lowest BCUT2D eigenvalue weighted by Gasteiger charge is -2.39. The molecule has 1 aromatic carbocycles. The first kappa shape index (κ1) is 10.6. The third kappa shape index (κ3) is 1.89. The van der Waals surface area contributed by atoms with Gasteiger partial charge in [-0.2, -0.15) is 0 Å². The van der Waals surface area contributed by atoms with Gasteiger partial charge in [-0.15, -0.1) is 0 Å². The Morgan fingerprint density at radius 1 is 1.35 bits per heavy atom. The van der Waals surface area contributed by atoms with Crippen molar-refractivity contribution in [2.75, 3.05) is 31.6 Å². The molecule has 3 rings (SSSR count). The van der Waals surface area contributed by atoms with Crippen LogP contribution in [0.1, 0.15) is 6.92 Å². The van der Waals surface area contributed by atoms with Crippen molar-refractivity contribution in [2.24, 2.45) is 0 Å². The first-order valence-electron chi connectivity index (χ1n) is 6.12. The minimum Gasteiger partial charge on any atom is -0.366 e. The lowest BCUT2D eigenvalue weighted by atomic mass is 10.1. The van der Waals surface area contributed by atoms with Crippen LogP contribution in [0.5, 0.6) is 0 Å². The molecule has 0 amide bonds. The van der Waals surface area contributed by atoms with Gasteiger partial charge in [0.05, 0.1) is 17.4 Å². The summed E-state index contributed by atoms with van der Waals surface area (Å²) in [7, 11) is 2.19. The van der Waals surface area contributed by atoms with Crippen LogP contribution in [0, 0.1) is 0 Å². The van der Waals surface area contributed by atoms with E-state index in [2.05, 4.69) is 51.9 Å². The van der Waals surface area contributed by atoms with Gasteiger partial charge in [0, 0.05) is 31.4 Å². The van der Waals surface area contributed by atoms with Crippen molar-refractivity contribution in [1.82, 2.24) is 14.9 Å². The number of fused-ring (bicyclic) bond motifs is 1. The van der Waals surface area contributed by atoms with Gasteiger partial charge in [-0.3, -0.25) is 0 Å². The van der Waals surface area contributed by atoms with Gasteiger partial charge < -0.3 is 14.8 Å². The average Bonchev–Trinajstić information content (AvgIpc) is 2.75. The van der Waals surface area contributed by atoms with Gasteiger partial charge in [0.2, 0.25) is 0 Å². The maximum atomic E-state index is 4.25. The number of hydrogen-bond donors (Lipinski definition) is 1. The van der Waals surface area contributed by atoms with Crippen LogP contribution in [0.4, 0.5) is 5.69 Å². The van der Waals surface area contributed by atoms with Crippen LogP contribution in [-0.2, 0) is 0 Å². The Balaban J connectivity index is 1.92. The maximum absolute atomic E-state index is 4.25. The Bertz CT molecular complexity index is 519. The molecule has 1 atom stereocenters. The molecule has 2 aromatic rings. The second-order valence-corrected chi connectivity index (χ2v) is 4.91. The smallest absolute Gasteiger partial charge is 0.0931 e. The molecule has 1 aromatic heterocycles. The Morgan fingerprint density at radius 3 is 3.06 bits per heavy atom. The van der Waals surface area contributed by atoms with Crippen LogP contribution in [0.3, 0.4) is 0 Å². The zero-order chi connectivity index (χ0) is 11.8. The monoisotopic (exact) mass is 230 g/mol. The summed E-state index contributed by atoms with van der Waals surface area (Å²) in [5, 5.41) is 0. The molecule has 0 radical (unpaired) electrons. The predicted octanol–water partition coefficient (Wildman–Crippen LogP) is 1.70. The van der Waals surface area contributed by atoms with E-state index >= 15 is 0 Å².